The number of benzene rings is 2. The van der Waals surface area contributed by atoms with Crippen molar-refractivity contribution < 1.29 is 9.53 Å². The fourth-order valence-corrected chi connectivity index (χ4v) is 3.03. The normalized spacial score (nSPS) is 10.7. The van der Waals surface area contributed by atoms with E-state index in [4.69, 9.17) is 4.74 Å². The highest BCUT2D eigenvalue weighted by atomic mass is 16.5. The van der Waals surface area contributed by atoms with Crippen LogP contribution in [-0.2, 0) is 17.8 Å². The number of aryl methyl sites for hydroxylation is 2. The second-order valence-electron chi connectivity index (χ2n) is 5.96. The Bertz CT molecular complexity index is 992. The average Bonchev–Trinajstić information content (AvgIpc) is 2.66. The number of amides is 1. The highest BCUT2D eigenvalue weighted by Gasteiger charge is 2.11. The van der Waals surface area contributed by atoms with Crippen molar-refractivity contribution in [3.63, 3.8) is 0 Å². The summed E-state index contributed by atoms with van der Waals surface area (Å²) in [7, 11) is 0. The molecule has 0 aliphatic heterocycles. The lowest BCUT2D eigenvalue weighted by atomic mass is 10.1. The van der Waals surface area contributed by atoms with Crippen LogP contribution in [0.25, 0.3) is 10.9 Å². The molecule has 0 radical (unpaired) electrons. The summed E-state index contributed by atoms with van der Waals surface area (Å²) in [5, 5.41) is 3.69. The van der Waals surface area contributed by atoms with Crippen LogP contribution < -0.4 is 15.6 Å². The molecule has 0 atom stereocenters. The first kappa shape index (κ1) is 17.7. The van der Waals surface area contributed by atoms with Gasteiger partial charge in [-0.25, -0.2) is 0 Å². The maximum Gasteiger partial charge on any atom is 0.262 e. The third-order valence-corrected chi connectivity index (χ3v) is 4.33. The van der Waals surface area contributed by atoms with Crippen LogP contribution in [0.4, 0.5) is 5.69 Å². The Morgan fingerprint density at radius 1 is 1.08 bits per heavy atom. The van der Waals surface area contributed by atoms with Crippen molar-refractivity contribution in [1.82, 2.24) is 4.57 Å². The minimum Gasteiger partial charge on any atom is -0.483 e. The van der Waals surface area contributed by atoms with E-state index in [-0.39, 0.29) is 18.1 Å². The van der Waals surface area contributed by atoms with Crippen LogP contribution in [0.1, 0.15) is 19.4 Å². The largest absolute Gasteiger partial charge is 0.483 e. The predicted molar refractivity (Wildman–Crippen MR) is 104 cm³/mol. The van der Waals surface area contributed by atoms with Crippen molar-refractivity contribution in [2.24, 2.45) is 0 Å². The molecule has 26 heavy (non-hydrogen) atoms. The number of aromatic nitrogens is 1. The van der Waals surface area contributed by atoms with E-state index in [1.165, 1.54) is 6.07 Å². The lowest BCUT2D eigenvalue weighted by molar-refractivity contribution is -0.118. The summed E-state index contributed by atoms with van der Waals surface area (Å²) in [6.45, 7) is 4.38. The number of pyridine rings is 1. The van der Waals surface area contributed by atoms with Gasteiger partial charge in [-0.15, -0.1) is 0 Å². The lowest BCUT2D eigenvalue weighted by Crippen LogP contribution is -2.23. The minimum absolute atomic E-state index is 0.141. The summed E-state index contributed by atoms with van der Waals surface area (Å²) >= 11 is 0. The number of nitrogens with one attached hydrogen (secondary N) is 1. The number of carbonyl (C=O) groups excluding carboxylic acids is 1. The molecule has 3 aromatic rings. The molecule has 5 nitrogen and oxygen atoms in total. The van der Waals surface area contributed by atoms with Crippen molar-refractivity contribution in [3.8, 4) is 5.75 Å². The van der Waals surface area contributed by atoms with E-state index in [1.54, 1.807) is 4.57 Å². The zero-order chi connectivity index (χ0) is 18.5. The van der Waals surface area contributed by atoms with E-state index in [0.717, 1.165) is 28.6 Å². The summed E-state index contributed by atoms with van der Waals surface area (Å²) in [5.41, 5.74) is 2.51. The Kier molecular flexibility index (Phi) is 5.37. The van der Waals surface area contributed by atoms with Gasteiger partial charge in [-0.3, -0.25) is 9.59 Å². The first-order chi connectivity index (χ1) is 12.6. The van der Waals surface area contributed by atoms with E-state index < -0.39 is 0 Å². The molecule has 1 amide bonds. The number of rotatable bonds is 6. The number of anilines is 1. The fraction of sp³-hybridized carbons (Fsp3) is 0.238. The van der Waals surface area contributed by atoms with Gasteiger partial charge >= 0.3 is 0 Å². The lowest BCUT2D eigenvalue weighted by Gasteiger charge is -2.14. The van der Waals surface area contributed by atoms with Gasteiger partial charge in [-0.05, 0) is 37.1 Å². The van der Waals surface area contributed by atoms with Gasteiger partial charge in [-0.1, -0.05) is 37.3 Å². The highest BCUT2D eigenvalue weighted by molar-refractivity contribution is 5.93. The monoisotopic (exact) mass is 350 g/mol. The quantitative estimate of drug-likeness (QED) is 0.739. The minimum atomic E-state index is -0.255. The van der Waals surface area contributed by atoms with Crippen LogP contribution in [0.3, 0.4) is 0 Å². The second-order valence-corrected chi connectivity index (χ2v) is 5.96. The molecule has 0 bridgehead atoms. The molecule has 0 aliphatic rings. The third-order valence-electron chi connectivity index (χ3n) is 4.33. The maximum atomic E-state index is 12.3. The summed E-state index contributed by atoms with van der Waals surface area (Å²) in [6, 6.07) is 16.7. The third kappa shape index (κ3) is 3.61. The van der Waals surface area contributed by atoms with Crippen LogP contribution >= 0.6 is 0 Å². The number of para-hydroxylation sites is 2. The molecule has 0 saturated carbocycles. The van der Waals surface area contributed by atoms with Crippen molar-refractivity contribution in [2.45, 2.75) is 26.8 Å². The molecule has 0 spiro atoms. The number of ether oxygens (including phenoxy) is 1. The molecule has 0 fully saturated rings. The van der Waals surface area contributed by atoms with Crippen LogP contribution in [0, 0.1) is 0 Å². The Balaban J connectivity index is 1.80. The molecular weight excluding hydrogens is 328 g/mol. The topological polar surface area (TPSA) is 60.3 Å². The highest BCUT2D eigenvalue weighted by Crippen LogP contribution is 2.23. The molecule has 5 heteroatoms. The van der Waals surface area contributed by atoms with E-state index >= 15 is 0 Å². The van der Waals surface area contributed by atoms with Crippen LogP contribution in [0.15, 0.2) is 59.4 Å². The number of carbonyl (C=O) groups is 1. The molecule has 1 aromatic heterocycles. The van der Waals surface area contributed by atoms with Gasteiger partial charge in [0.2, 0.25) is 0 Å². The van der Waals surface area contributed by atoms with Crippen LogP contribution in [0.2, 0.25) is 0 Å². The van der Waals surface area contributed by atoms with Gasteiger partial charge in [0.25, 0.3) is 11.5 Å². The first-order valence-corrected chi connectivity index (χ1v) is 8.77. The molecule has 1 heterocycles. The number of hydrogen-bond acceptors (Lipinski definition) is 3. The molecule has 0 unspecified atom stereocenters. The van der Waals surface area contributed by atoms with Crippen LogP contribution in [0.5, 0.6) is 5.75 Å². The second kappa shape index (κ2) is 7.87. The van der Waals surface area contributed by atoms with Gasteiger partial charge in [0.15, 0.2) is 6.61 Å². The summed E-state index contributed by atoms with van der Waals surface area (Å²) in [5.74, 6) is 0.170. The fourth-order valence-electron chi connectivity index (χ4n) is 3.03. The van der Waals surface area contributed by atoms with Crippen molar-refractivity contribution >= 4 is 22.5 Å². The van der Waals surface area contributed by atoms with Crippen molar-refractivity contribution in [3.05, 3.63) is 70.5 Å². The average molecular weight is 350 g/mol. The Hall–Kier alpha value is -3.08. The van der Waals surface area contributed by atoms with Crippen molar-refractivity contribution in [1.29, 1.82) is 0 Å². The van der Waals surface area contributed by atoms with Gasteiger partial charge < -0.3 is 14.6 Å². The standard InChI is InChI=1S/C21H22N2O3/c1-3-15-9-5-7-11-17(15)22-20(24)14-26-19-13-21(25)23(4-2)18-12-8-6-10-16(18)19/h5-13H,3-4,14H2,1-2H3,(H,22,24). The zero-order valence-electron chi connectivity index (χ0n) is 15.0. The predicted octanol–water partition coefficient (Wildman–Crippen LogP) is 3.60. The van der Waals surface area contributed by atoms with Gasteiger partial charge in [-0.2, -0.15) is 0 Å². The SMILES string of the molecule is CCc1ccccc1NC(=O)COc1cc(=O)n(CC)c2ccccc12. The zero-order valence-corrected chi connectivity index (χ0v) is 15.0. The van der Waals surface area contributed by atoms with E-state index in [1.807, 2.05) is 62.4 Å². The molecule has 0 saturated heterocycles. The first-order valence-electron chi connectivity index (χ1n) is 8.77. The summed E-state index contributed by atoms with van der Waals surface area (Å²) in [4.78, 5) is 24.6. The van der Waals surface area contributed by atoms with E-state index in [9.17, 15) is 9.59 Å². The molecule has 1 N–H and O–H groups in total. The maximum absolute atomic E-state index is 12.3. The molecule has 3 rings (SSSR count). The summed E-state index contributed by atoms with van der Waals surface area (Å²) < 4.78 is 7.36. The Morgan fingerprint density at radius 3 is 2.58 bits per heavy atom. The van der Waals surface area contributed by atoms with Gasteiger partial charge in [0.1, 0.15) is 5.75 Å². The molecule has 2 aromatic carbocycles. The number of hydrogen-bond donors (Lipinski definition) is 1. The molecule has 0 aliphatic carbocycles. The smallest absolute Gasteiger partial charge is 0.262 e. The molecular formula is C21H22N2O3. The summed E-state index contributed by atoms with van der Waals surface area (Å²) in [6.07, 6.45) is 0.831. The number of fused-ring (bicyclic) bond motifs is 1. The van der Waals surface area contributed by atoms with Gasteiger partial charge in [0.05, 0.1) is 5.52 Å². The number of nitrogens with zero attached hydrogens (tertiary/aromatic N) is 1. The van der Waals surface area contributed by atoms with E-state index in [0.29, 0.717) is 12.3 Å². The van der Waals surface area contributed by atoms with Gasteiger partial charge in [0, 0.05) is 23.7 Å². The van der Waals surface area contributed by atoms with E-state index in [2.05, 4.69) is 5.32 Å². The van der Waals surface area contributed by atoms with Crippen molar-refractivity contribution in [2.75, 3.05) is 11.9 Å². The molecule has 134 valence electrons. The Labute approximate surface area is 152 Å². The van der Waals surface area contributed by atoms with Crippen LogP contribution in [-0.4, -0.2) is 17.1 Å². The Morgan fingerprint density at radius 2 is 1.81 bits per heavy atom.